The Bertz CT molecular complexity index is 1450. The Morgan fingerprint density at radius 3 is 2.16 bits per heavy atom. The van der Waals surface area contributed by atoms with Crippen molar-refractivity contribution in [3.05, 3.63) is 53.3 Å². The maximum absolute atomic E-state index is 12.7. The number of fused-ring (bicyclic) bond motifs is 1. The molecule has 10 nitrogen and oxygen atoms in total. The number of amides is 1. The highest BCUT2D eigenvalue weighted by Gasteiger charge is 2.31. The van der Waals surface area contributed by atoms with Crippen LogP contribution in [0.5, 0.6) is 0 Å². The molecule has 3 heterocycles. The number of nitrogens with two attached hydrogens (primary N) is 1. The quantitative estimate of drug-likeness (QED) is 0.253. The van der Waals surface area contributed by atoms with Crippen molar-refractivity contribution in [2.24, 2.45) is 10.7 Å². The molecule has 0 spiro atoms. The molecule has 13 heteroatoms. The van der Waals surface area contributed by atoms with Crippen molar-refractivity contribution < 1.29 is 22.8 Å². The summed E-state index contributed by atoms with van der Waals surface area (Å²) in [7, 11) is 2.09. The molecule has 1 amide bonds. The molecule has 0 aliphatic carbocycles. The number of aryl methyl sites for hydroxylation is 1. The monoisotopic (exact) mass is 602 g/mol. The number of piperazine rings is 1. The molecule has 0 saturated carbocycles. The molecular formula is C30H41F3N8O2. The number of alkyl halides is 3. The van der Waals surface area contributed by atoms with Gasteiger partial charge in [-0.15, -0.1) is 0 Å². The second-order valence-electron chi connectivity index (χ2n) is 12.0. The largest absolute Gasteiger partial charge is 0.416 e. The summed E-state index contributed by atoms with van der Waals surface area (Å²) in [5.74, 6) is -0.118. The molecule has 1 aromatic carbocycles. The number of aldehydes is 1. The van der Waals surface area contributed by atoms with Crippen LogP contribution in [0, 0.1) is 12.3 Å². The summed E-state index contributed by atoms with van der Waals surface area (Å²) in [6.07, 6.45) is -1.24. The number of rotatable bonds is 3. The number of nitrogens with zero attached hydrogens (tertiary/aromatic N) is 6. The zero-order chi connectivity index (χ0) is 32.8. The van der Waals surface area contributed by atoms with Gasteiger partial charge in [-0.05, 0) is 58.4 Å². The summed E-state index contributed by atoms with van der Waals surface area (Å²) < 4.78 is 39.9. The van der Waals surface area contributed by atoms with Crippen molar-refractivity contribution in [3.63, 3.8) is 0 Å². The third-order valence-corrected chi connectivity index (χ3v) is 6.55. The highest BCUT2D eigenvalue weighted by molar-refractivity contribution is 6.28. The van der Waals surface area contributed by atoms with Crippen molar-refractivity contribution in [3.8, 4) is 11.3 Å². The topological polar surface area (TPSA) is 133 Å². The Kier molecular flexibility index (Phi) is 11.3. The Hall–Kier alpha value is -4.13. The lowest BCUT2D eigenvalue weighted by Crippen LogP contribution is -2.57. The van der Waals surface area contributed by atoms with E-state index >= 15 is 0 Å². The van der Waals surface area contributed by atoms with Gasteiger partial charge < -0.3 is 15.5 Å². The van der Waals surface area contributed by atoms with Crippen LogP contribution in [0.25, 0.3) is 16.9 Å². The van der Waals surface area contributed by atoms with E-state index in [2.05, 4.69) is 61.6 Å². The van der Waals surface area contributed by atoms with E-state index in [4.69, 9.17) is 11.1 Å². The number of hydrogen-bond acceptors (Lipinski definition) is 6. The van der Waals surface area contributed by atoms with E-state index in [1.165, 1.54) is 19.1 Å². The molecule has 234 valence electrons. The highest BCUT2D eigenvalue weighted by atomic mass is 19.4. The first kappa shape index (κ1) is 35.1. The zero-order valence-electron chi connectivity index (χ0n) is 26.0. The second-order valence-corrected chi connectivity index (χ2v) is 12.0. The Morgan fingerprint density at radius 1 is 1.12 bits per heavy atom. The van der Waals surface area contributed by atoms with E-state index in [-0.39, 0.29) is 22.6 Å². The van der Waals surface area contributed by atoms with Gasteiger partial charge in [0.2, 0.25) is 6.41 Å². The third-order valence-electron chi connectivity index (χ3n) is 6.55. The van der Waals surface area contributed by atoms with Gasteiger partial charge in [0.1, 0.15) is 0 Å². The van der Waals surface area contributed by atoms with Gasteiger partial charge in [0.05, 0.1) is 29.0 Å². The predicted octanol–water partition coefficient (Wildman–Crippen LogP) is 4.73. The summed E-state index contributed by atoms with van der Waals surface area (Å²) >= 11 is 0. The van der Waals surface area contributed by atoms with Crippen molar-refractivity contribution in [1.29, 1.82) is 5.41 Å². The fraction of sp³-hybridized carbons (Fsp3) is 0.467. The molecule has 0 bridgehead atoms. The minimum Gasteiger partial charge on any atom is -0.387 e. The molecule has 0 unspecified atom stereocenters. The van der Waals surface area contributed by atoms with Crippen molar-refractivity contribution in [1.82, 2.24) is 24.4 Å². The van der Waals surface area contributed by atoms with Gasteiger partial charge in [0, 0.05) is 36.3 Å². The molecule has 0 atom stereocenters. The first-order valence-corrected chi connectivity index (χ1v) is 13.6. The Balaban J connectivity index is 0.000000280. The SMILES string of the molecule is CC(N)=NC(=N)C=O.CN1CCN(C=O)C(C)(C)C1.Cc1cn2nc(-c3ccc(C(F)(F)F)cc3)cc(C(C)(C)C)c2n1. The number of carbonyl (C=O) groups excluding carboxylic acids is 2. The van der Waals surface area contributed by atoms with E-state index in [0.29, 0.717) is 17.5 Å². The van der Waals surface area contributed by atoms with Crippen LogP contribution >= 0.6 is 0 Å². The number of likely N-dealkylation sites (N-methyl/N-ethyl adjacent to an activating group) is 1. The molecular weight excluding hydrogens is 561 g/mol. The van der Waals surface area contributed by atoms with E-state index in [0.717, 1.165) is 55.1 Å². The summed E-state index contributed by atoms with van der Waals surface area (Å²) in [6, 6.07) is 6.97. The van der Waals surface area contributed by atoms with Crippen molar-refractivity contribution in [2.75, 3.05) is 26.7 Å². The van der Waals surface area contributed by atoms with Gasteiger partial charge in [0.25, 0.3) is 0 Å². The Labute approximate surface area is 250 Å². The number of imidazole rings is 1. The maximum Gasteiger partial charge on any atom is 0.416 e. The minimum atomic E-state index is -4.34. The molecule has 1 aliphatic heterocycles. The van der Waals surface area contributed by atoms with Gasteiger partial charge in [-0.25, -0.2) is 14.5 Å². The fourth-order valence-corrected chi connectivity index (χ4v) is 4.44. The number of aliphatic imine (C=N–C) groups is 1. The first-order valence-electron chi connectivity index (χ1n) is 13.6. The summed E-state index contributed by atoms with van der Waals surface area (Å²) in [5, 5.41) is 11.1. The van der Waals surface area contributed by atoms with E-state index in [1.54, 1.807) is 4.52 Å². The molecule has 0 radical (unpaired) electrons. The van der Waals surface area contributed by atoms with Gasteiger partial charge in [0.15, 0.2) is 17.8 Å². The van der Waals surface area contributed by atoms with E-state index in [9.17, 15) is 22.8 Å². The third kappa shape index (κ3) is 9.98. The average Bonchev–Trinajstić information content (AvgIpc) is 3.26. The molecule has 1 saturated heterocycles. The van der Waals surface area contributed by atoms with Crippen LogP contribution in [0.4, 0.5) is 13.2 Å². The Morgan fingerprint density at radius 2 is 1.72 bits per heavy atom. The summed E-state index contributed by atoms with van der Waals surface area (Å²) in [5.41, 5.74) is 8.08. The number of benzene rings is 1. The average molecular weight is 603 g/mol. The number of hydrogen-bond donors (Lipinski definition) is 2. The van der Waals surface area contributed by atoms with Gasteiger partial charge >= 0.3 is 6.18 Å². The smallest absolute Gasteiger partial charge is 0.387 e. The van der Waals surface area contributed by atoms with Crippen LogP contribution in [0.1, 0.15) is 58.4 Å². The van der Waals surface area contributed by atoms with Crippen LogP contribution in [-0.2, 0) is 21.2 Å². The second kappa shape index (κ2) is 13.9. The number of nitrogens with one attached hydrogen (secondary N) is 1. The fourth-order valence-electron chi connectivity index (χ4n) is 4.44. The molecule has 3 N–H and O–H groups in total. The lowest BCUT2D eigenvalue weighted by atomic mass is 9.87. The van der Waals surface area contributed by atoms with Gasteiger partial charge in [-0.2, -0.15) is 18.3 Å². The maximum atomic E-state index is 12.7. The molecule has 1 fully saturated rings. The van der Waals surface area contributed by atoms with Crippen LogP contribution in [0.2, 0.25) is 0 Å². The van der Waals surface area contributed by atoms with Crippen LogP contribution in [0.3, 0.4) is 0 Å². The molecule has 43 heavy (non-hydrogen) atoms. The zero-order valence-corrected chi connectivity index (χ0v) is 26.0. The molecule has 2 aromatic heterocycles. The predicted molar refractivity (Wildman–Crippen MR) is 162 cm³/mol. The number of carbonyl (C=O) groups is 2. The molecule has 3 aromatic rings. The van der Waals surface area contributed by atoms with Crippen molar-refractivity contribution in [2.45, 2.75) is 65.6 Å². The summed E-state index contributed by atoms with van der Waals surface area (Å²) in [4.78, 5) is 32.2. The van der Waals surface area contributed by atoms with E-state index < -0.39 is 11.7 Å². The first-order chi connectivity index (χ1) is 19.8. The normalized spacial score (nSPS) is 15.6. The molecule has 1 aliphatic rings. The van der Waals surface area contributed by atoms with Crippen molar-refractivity contribution >= 4 is 30.0 Å². The minimum absolute atomic E-state index is 0.00868. The number of amidine groups is 2. The summed E-state index contributed by atoms with van der Waals surface area (Å²) in [6.45, 7) is 16.6. The number of halogens is 3. The standard InChI is InChI=1S/C18H18F3N3.C8H16N2O.C4H7N3O/c1-11-10-24-16(22-11)14(17(2,3)4)9-15(23-24)12-5-7-13(8-6-12)18(19,20)21;1-8(2)6-9(3)4-5-10(8)7-11;1-3(5)7-4(6)2-8/h5-10H,1-4H3;7H,4-6H2,1-3H3;2H,1H3,(H3,5,6,7). The van der Waals surface area contributed by atoms with Crippen LogP contribution < -0.4 is 5.73 Å². The van der Waals surface area contributed by atoms with Gasteiger partial charge in [-0.1, -0.05) is 32.9 Å². The highest BCUT2D eigenvalue weighted by Crippen LogP contribution is 2.33. The van der Waals surface area contributed by atoms with Crippen LogP contribution in [0.15, 0.2) is 41.5 Å². The van der Waals surface area contributed by atoms with Crippen LogP contribution in [-0.4, -0.2) is 81.0 Å². The molecule has 4 rings (SSSR count). The lowest BCUT2D eigenvalue weighted by Gasteiger charge is -2.44. The lowest BCUT2D eigenvalue weighted by molar-refractivity contribution is -0.137. The van der Waals surface area contributed by atoms with Gasteiger partial charge in [-0.3, -0.25) is 15.0 Å². The van der Waals surface area contributed by atoms with E-state index in [1.807, 2.05) is 24.1 Å². The number of aromatic nitrogens is 3.